The first-order chi connectivity index (χ1) is 9.43. The lowest BCUT2D eigenvalue weighted by molar-refractivity contribution is 0.412. The molecule has 0 spiro atoms. The average molecular weight is 299 g/mol. The van der Waals surface area contributed by atoms with Crippen molar-refractivity contribution in [1.82, 2.24) is 14.9 Å². The van der Waals surface area contributed by atoms with Gasteiger partial charge in [-0.15, -0.1) is 0 Å². The summed E-state index contributed by atoms with van der Waals surface area (Å²) >= 11 is 0. The van der Waals surface area contributed by atoms with Gasteiger partial charge in [0, 0.05) is 19.6 Å². The van der Waals surface area contributed by atoms with Crippen LogP contribution in [0, 0.1) is 0 Å². The number of hydrogen-bond donors (Lipinski definition) is 2. The second-order valence-electron chi connectivity index (χ2n) is 5.06. The van der Waals surface area contributed by atoms with Crippen LogP contribution in [0.1, 0.15) is 18.1 Å². The van der Waals surface area contributed by atoms with Crippen molar-refractivity contribution in [3.05, 3.63) is 35.4 Å². The SMILES string of the molecule is CCNCc1cccc(CS(=O)(=O)NCCN(C)C)c1. The number of hydrogen-bond acceptors (Lipinski definition) is 4. The van der Waals surface area contributed by atoms with Crippen LogP contribution in [0.15, 0.2) is 24.3 Å². The molecule has 0 bridgehead atoms. The molecule has 0 heterocycles. The molecular weight excluding hydrogens is 274 g/mol. The quantitative estimate of drug-likeness (QED) is 0.707. The van der Waals surface area contributed by atoms with Crippen molar-refractivity contribution in [2.24, 2.45) is 0 Å². The van der Waals surface area contributed by atoms with E-state index in [4.69, 9.17) is 0 Å². The second kappa shape index (κ2) is 8.36. The molecule has 6 heteroatoms. The van der Waals surface area contributed by atoms with Crippen molar-refractivity contribution in [1.29, 1.82) is 0 Å². The molecule has 114 valence electrons. The van der Waals surface area contributed by atoms with Crippen molar-refractivity contribution in [2.45, 2.75) is 19.2 Å². The Bertz CT molecular complexity index is 501. The molecule has 0 aliphatic carbocycles. The number of nitrogens with zero attached hydrogens (tertiary/aromatic N) is 1. The van der Waals surface area contributed by atoms with Crippen LogP contribution in [0.5, 0.6) is 0 Å². The third-order valence-electron chi connectivity index (χ3n) is 2.81. The topological polar surface area (TPSA) is 61.4 Å². The van der Waals surface area contributed by atoms with Crippen molar-refractivity contribution in [3.63, 3.8) is 0 Å². The van der Waals surface area contributed by atoms with E-state index in [1.807, 2.05) is 50.2 Å². The molecule has 2 N–H and O–H groups in total. The maximum Gasteiger partial charge on any atom is 0.215 e. The lowest BCUT2D eigenvalue weighted by Crippen LogP contribution is -2.32. The highest BCUT2D eigenvalue weighted by molar-refractivity contribution is 7.88. The van der Waals surface area contributed by atoms with Crippen LogP contribution in [0.4, 0.5) is 0 Å². The van der Waals surface area contributed by atoms with Crippen LogP contribution in [0.3, 0.4) is 0 Å². The lowest BCUT2D eigenvalue weighted by Gasteiger charge is -2.11. The fourth-order valence-corrected chi connectivity index (χ4v) is 2.92. The predicted molar refractivity (Wildman–Crippen MR) is 83.0 cm³/mol. The monoisotopic (exact) mass is 299 g/mol. The first-order valence-electron chi connectivity index (χ1n) is 6.83. The highest BCUT2D eigenvalue weighted by Crippen LogP contribution is 2.08. The van der Waals surface area contributed by atoms with Gasteiger partial charge in [0.1, 0.15) is 0 Å². The molecule has 0 aliphatic rings. The van der Waals surface area contributed by atoms with Crippen molar-refractivity contribution >= 4 is 10.0 Å². The van der Waals surface area contributed by atoms with Crippen LogP contribution >= 0.6 is 0 Å². The Morgan fingerprint density at radius 2 is 1.90 bits per heavy atom. The number of likely N-dealkylation sites (N-methyl/N-ethyl adjacent to an activating group) is 1. The Labute approximate surface area is 122 Å². The van der Waals surface area contributed by atoms with Gasteiger partial charge in [0.05, 0.1) is 5.75 Å². The number of rotatable bonds is 9. The van der Waals surface area contributed by atoms with E-state index in [-0.39, 0.29) is 5.75 Å². The summed E-state index contributed by atoms with van der Waals surface area (Å²) in [6.07, 6.45) is 0. The van der Waals surface area contributed by atoms with E-state index >= 15 is 0 Å². The largest absolute Gasteiger partial charge is 0.313 e. The Morgan fingerprint density at radius 3 is 2.55 bits per heavy atom. The second-order valence-corrected chi connectivity index (χ2v) is 6.86. The molecule has 5 nitrogen and oxygen atoms in total. The number of nitrogens with one attached hydrogen (secondary N) is 2. The molecule has 0 aliphatic heterocycles. The molecule has 0 aromatic heterocycles. The van der Waals surface area contributed by atoms with E-state index in [0.29, 0.717) is 13.1 Å². The van der Waals surface area contributed by atoms with Crippen molar-refractivity contribution in [3.8, 4) is 0 Å². The third kappa shape index (κ3) is 7.00. The highest BCUT2D eigenvalue weighted by Gasteiger charge is 2.11. The van der Waals surface area contributed by atoms with Gasteiger partial charge in [-0.2, -0.15) is 0 Å². The summed E-state index contributed by atoms with van der Waals surface area (Å²) < 4.78 is 26.5. The zero-order valence-corrected chi connectivity index (χ0v) is 13.3. The van der Waals surface area contributed by atoms with Gasteiger partial charge in [-0.1, -0.05) is 31.2 Å². The molecule has 0 saturated heterocycles. The minimum Gasteiger partial charge on any atom is -0.313 e. The highest BCUT2D eigenvalue weighted by atomic mass is 32.2. The van der Waals surface area contributed by atoms with E-state index in [1.54, 1.807) is 0 Å². The number of sulfonamides is 1. The lowest BCUT2D eigenvalue weighted by atomic mass is 10.1. The Balaban J connectivity index is 2.58. The van der Waals surface area contributed by atoms with Crippen LogP contribution < -0.4 is 10.0 Å². The normalized spacial score (nSPS) is 12.0. The van der Waals surface area contributed by atoms with Gasteiger partial charge in [-0.05, 0) is 31.8 Å². The van der Waals surface area contributed by atoms with Gasteiger partial charge < -0.3 is 10.2 Å². The van der Waals surface area contributed by atoms with E-state index in [9.17, 15) is 8.42 Å². The summed E-state index contributed by atoms with van der Waals surface area (Å²) in [5.41, 5.74) is 1.92. The Morgan fingerprint density at radius 1 is 1.20 bits per heavy atom. The molecule has 1 aromatic rings. The standard InChI is InChI=1S/C14H25N3O2S/c1-4-15-11-13-6-5-7-14(10-13)12-20(18,19)16-8-9-17(2)3/h5-7,10,15-16H,4,8-9,11-12H2,1-3H3. The summed E-state index contributed by atoms with van der Waals surface area (Å²) in [5.74, 6) is 0.0282. The fourth-order valence-electron chi connectivity index (χ4n) is 1.79. The first kappa shape index (κ1) is 17.1. The van der Waals surface area contributed by atoms with E-state index < -0.39 is 10.0 Å². The predicted octanol–water partition coefficient (Wildman–Crippen LogP) is 0.777. The van der Waals surface area contributed by atoms with Gasteiger partial charge >= 0.3 is 0 Å². The maximum absolute atomic E-state index is 12.0. The molecule has 0 fully saturated rings. The zero-order chi connectivity index (χ0) is 15.0. The summed E-state index contributed by atoms with van der Waals surface area (Å²) in [4.78, 5) is 1.94. The van der Waals surface area contributed by atoms with E-state index in [1.165, 1.54) is 0 Å². The molecule has 0 unspecified atom stereocenters. The van der Waals surface area contributed by atoms with Crippen LogP contribution in [-0.4, -0.2) is 47.0 Å². The molecule has 0 amide bonds. The zero-order valence-electron chi connectivity index (χ0n) is 12.5. The molecule has 0 radical (unpaired) electrons. The van der Waals surface area contributed by atoms with Crippen LogP contribution in [0.2, 0.25) is 0 Å². The maximum atomic E-state index is 12.0. The molecular formula is C14H25N3O2S. The van der Waals surface area contributed by atoms with Crippen LogP contribution in [0.25, 0.3) is 0 Å². The van der Waals surface area contributed by atoms with Gasteiger partial charge in [0.15, 0.2) is 0 Å². The Hall–Kier alpha value is -0.950. The average Bonchev–Trinajstić information content (AvgIpc) is 2.35. The Kier molecular flexibility index (Phi) is 7.15. The van der Waals surface area contributed by atoms with Gasteiger partial charge in [0.25, 0.3) is 0 Å². The van der Waals surface area contributed by atoms with Crippen molar-refractivity contribution < 1.29 is 8.42 Å². The van der Waals surface area contributed by atoms with E-state index in [2.05, 4.69) is 10.0 Å². The molecule has 1 aromatic carbocycles. The van der Waals surface area contributed by atoms with Gasteiger partial charge in [0.2, 0.25) is 10.0 Å². The van der Waals surface area contributed by atoms with E-state index in [0.717, 1.165) is 24.2 Å². The smallest absolute Gasteiger partial charge is 0.215 e. The first-order valence-corrected chi connectivity index (χ1v) is 8.49. The van der Waals surface area contributed by atoms with Gasteiger partial charge in [-0.25, -0.2) is 13.1 Å². The fraction of sp³-hybridized carbons (Fsp3) is 0.571. The molecule has 0 atom stereocenters. The molecule has 0 saturated carbocycles. The van der Waals surface area contributed by atoms with Crippen molar-refractivity contribution in [2.75, 3.05) is 33.7 Å². The summed E-state index contributed by atoms with van der Waals surface area (Å²) in [6.45, 7) is 4.84. The minimum absolute atomic E-state index is 0.0282. The summed E-state index contributed by atoms with van der Waals surface area (Å²) in [5, 5.41) is 3.23. The molecule has 1 rings (SSSR count). The minimum atomic E-state index is -3.26. The van der Waals surface area contributed by atoms with Crippen LogP contribution in [-0.2, 0) is 22.3 Å². The summed E-state index contributed by atoms with van der Waals surface area (Å²) in [7, 11) is 0.566. The summed E-state index contributed by atoms with van der Waals surface area (Å²) in [6, 6.07) is 7.68. The molecule has 20 heavy (non-hydrogen) atoms. The third-order valence-corrected chi connectivity index (χ3v) is 4.17. The van der Waals surface area contributed by atoms with Gasteiger partial charge in [-0.3, -0.25) is 0 Å². The number of benzene rings is 1.